The lowest BCUT2D eigenvalue weighted by Crippen LogP contribution is -2.15. The van der Waals surface area contributed by atoms with E-state index in [2.05, 4.69) is 0 Å². The van der Waals surface area contributed by atoms with E-state index in [9.17, 15) is 13.9 Å². The largest absolute Gasteiger partial charge is 0.391 e. The smallest absolute Gasteiger partial charge is 0.126 e. The highest BCUT2D eigenvalue weighted by Crippen LogP contribution is 2.12. The van der Waals surface area contributed by atoms with Gasteiger partial charge >= 0.3 is 0 Å². The number of hydrogen-bond donors (Lipinski definition) is 1. The molecule has 1 atom stereocenters. The van der Waals surface area contributed by atoms with Gasteiger partial charge in [-0.2, -0.15) is 0 Å². The van der Waals surface area contributed by atoms with Crippen molar-refractivity contribution in [3.8, 4) is 0 Å². The van der Waals surface area contributed by atoms with E-state index in [1.165, 1.54) is 7.11 Å². The molecule has 0 aromatic heterocycles. The number of methoxy groups -OCH3 is 1. The second kappa shape index (κ2) is 5.78. The van der Waals surface area contributed by atoms with Crippen LogP contribution in [-0.4, -0.2) is 24.9 Å². The van der Waals surface area contributed by atoms with Crippen LogP contribution in [0, 0.1) is 11.6 Å². The van der Waals surface area contributed by atoms with Crippen molar-refractivity contribution in [3.05, 3.63) is 35.4 Å². The Kier molecular flexibility index (Phi) is 4.65. The zero-order chi connectivity index (χ0) is 11.3. The van der Waals surface area contributed by atoms with Gasteiger partial charge in [-0.15, -0.1) is 0 Å². The summed E-state index contributed by atoms with van der Waals surface area (Å²) in [6, 6.07) is 3.31. The molecule has 0 saturated carbocycles. The molecule has 15 heavy (non-hydrogen) atoms. The molecule has 84 valence electrons. The topological polar surface area (TPSA) is 29.5 Å². The van der Waals surface area contributed by atoms with Crippen LogP contribution in [-0.2, 0) is 11.2 Å². The summed E-state index contributed by atoms with van der Waals surface area (Å²) in [5.74, 6) is -0.909. The van der Waals surface area contributed by atoms with Crippen LogP contribution in [0.4, 0.5) is 8.78 Å². The summed E-state index contributed by atoms with van der Waals surface area (Å²) in [6.45, 7) is 0.205. The molecule has 1 rings (SSSR count). The SMILES string of the molecule is COCC(O)CCc1cc(F)ccc1F. The first-order chi connectivity index (χ1) is 7.13. The molecule has 0 amide bonds. The average Bonchev–Trinajstić information content (AvgIpc) is 2.20. The summed E-state index contributed by atoms with van der Waals surface area (Å²) >= 11 is 0. The van der Waals surface area contributed by atoms with Gasteiger partial charge in [0.2, 0.25) is 0 Å². The molecular weight excluding hydrogens is 202 g/mol. The number of aryl methyl sites for hydroxylation is 1. The van der Waals surface area contributed by atoms with Gasteiger partial charge in [-0.1, -0.05) is 0 Å². The summed E-state index contributed by atoms with van der Waals surface area (Å²) in [5, 5.41) is 9.33. The third kappa shape index (κ3) is 3.93. The van der Waals surface area contributed by atoms with E-state index in [0.29, 0.717) is 12.8 Å². The predicted octanol–water partition coefficient (Wildman–Crippen LogP) is 1.90. The van der Waals surface area contributed by atoms with Crippen molar-refractivity contribution >= 4 is 0 Å². The van der Waals surface area contributed by atoms with Crippen LogP contribution in [0.25, 0.3) is 0 Å². The van der Waals surface area contributed by atoms with E-state index in [0.717, 1.165) is 18.2 Å². The van der Waals surface area contributed by atoms with Gasteiger partial charge < -0.3 is 9.84 Å². The molecule has 0 fully saturated rings. The van der Waals surface area contributed by atoms with Crippen LogP contribution in [0.3, 0.4) is 0 Å². The number of rotatable bonds is 5. The normalized spacial score (nSPS) is 12.8. The van der Waals surface area contributed by atoms with Gasteiger partial charge in [-0.25, -0.2) is 8.78 Å². The van der Waals surface area contributed by atoms with Crippen LogP contribution in [0.15, 0.2) is 18.2 Å². The molecule has 0 spiro atoms. The molecule has 0 aliphatic carbocycles. The molecule has 1 N–H and O–H groups in total. The minimum Gasteiger partial charge on any atom is -0.391 e. The highest BCUT2D eigenvalue weighted by atomic mass is 19.1. The fourth-order valence-electron chi connectivity index (χ4n) is 1.33. The first kappa shape index (κ1) is 12.1. The molecule has 0 aliphatic rings. The minimum absolute atomic E-state index is 0.205. The number of ether oxygens (including phenoxy) is 1. The van der Waals surface area contributed by atoms with Crippen molar-refractivity contribution in [3.63, 3.8) is 0 Å². The number of aliphatic hydroxyl groups excluding tert-OH is 1. The quantitative estimate of drug-likeness (QED) is 0.814. The average molecular weight is 216 g/mol. The molecule has 1 unspecified atom stereocenters. The minimum atomic E-state index is -0.641. The van der Waals surface area contributed by atoms with E-state index >= 15 is 0 Å². The summed E-state index contributed by atoms with van der Waals surface area (Å²) < 4.78 is 30.6. The molecule has 0 aliphatic heterocycles. The maximum absolute atomic E-state index is 13.1. The fraction of sp³-hybridized carbons (Fsp3) is 0.455. The maximum atomic E-state index is 13.1. The third-order valence-corrected chi connectivity index (χ3v) is 2.11. The van der Waals surface area contributed by atoms with Crippen LogP contribution >= 0.6 is 0 Å². The zero-order valence-electron chi connectivity index (χ0n) is 8.54. The molecule has 0 heterocycles. The van der Waals surface area contributed by atoms with E-state index in [1.807, 2.05) is 0 Å². The summed E-state index contributed by atoms with van der Waals surface area (Å²) in [4.78, 5) is 0. The highest BCUT2D eigenvalue weighted by Gasteiger charge is 2.08. The Balaban J connectivity index is 2.53. The zero-order valence-corrected chi connectivity index (χ0v) is 8.54. The molecule has 2 nitrogen and oxygen atoms in total. The Morgan fingerprint density at radius 1 is 1.40 bits per heavy atom. The van der Waals surface area contributed by atoms with Crippen LogP contribution < -0.4 is 0 Å². The van der Waals surface area contributed by atoms with Gasteiger partial charge in [-0.3, -0.25) is 0 Å². The Morgan fingerprint density at radius 3 is 2.80 bits per heavy atom. The Morgan fingerprint density at radius 2 is 2.13 bits per heavy atom. The lowest BCUT2D eigenvalue weighted by molar-refractivity contribution is 0.0594. The number of hydrogen-bond acceptors (Lipinski definition) is 2. The second-order valence-corrected chi connectivity index (χ2v) is 3.38. The number of aliphatic hydroxyl groups is 1. The summed E-state index contributed by atoms with van der Waals surface area (Å²) in [7, 11) is 1.48. The van der Waals surface area contributed by atoms with Crippen molar-refractivity contribution in [1.82, 2.24) is 0 Å². The van der Waals surface area contributed by atoms with Crippen molar-refractivity contribution < 1.29 is 18.6 Å². The Labute approximate surface area is 87.5 Å². The van der Waals surface area contributed by atoms with E-state index < -0.39 is 17.7 Å². The van der Waals surface area contributed by atoms with Gasteiger partial charge in [0, 0.05) is 7.11 Å². The maximum Gasteiger partial charge on any atom is 0.126 e. The highest BCUT2D eigenvalue weighted by molar-refractivity contribution is 5.18. The van der Waals surface area contributed by atoms with Gasteiger partial charge in [-0.05, 0) is 36.6 Å². The first-order valence-electron chi connectivity index (χ1n) is 4.74. The summed E-state index contributed by atoms with van der Waals surface area (Å²) in [5.41, 5.74) is 0.283. The number of halogens is 2. The van der Waals surface area contributed by atoms with Crippen molar-refractivity contribution in [1.29, 1.82) is 0 Å². The molecule has 4 heteroatoms. The lowest BCUT2D eigenvalue weighted by atomic mass is 10.1. The Hall–Kier alpha value is -1.00. The van der Waals surface area contributed by atoms with Crippen LogP contribution in [0.5, 0.6) is 0 Å². The fourth-order valence-corrected chi connectivity index (χ4v) is 1.33. The third-order valence-electron chi connectivity index (χ3n) is 2.11. The Bertz CT molecular complexity index is 315. The molecule has 0 bridgehead atoms. The van der Waals surface area contributed by atoms with Crippen molar-refractivity contribution in [2.75, 3.05) is 13.7 Å². The van der Waals surface area contributed by atoms with E-state index in [1.54, 1.807) is 0 Å². The number of benzene rings is 1. The predicted molar refractivity (Wildman–Crippen MR) is 52.6 cm³/mol. The first-order valence-corrected chi connectivity index (χ1v) is 4.74. The summed E-state index contributed by atoms with van der Waals surface area (Å²) in [6.07, 6.45) is 0.0140. The van der Waals surface area contributed by atoms with Gasteiger partial charge in [0.15, 0.2) is 0 Å². The lowest BCUT2D eigenvalue weighted by Gasteiger charge is -2.09. The monoisotopic (exact) mass is 216 g/mol. The molecule has 0 radical (unpaired) electrons. The molecule has 1 aromatic carbocycles. The van der Waals surface area contributed by atoms with Gasteiger partial charge in [0.1, 0.15) is 11.6 Å². The van der Waals surface area contributed by atoms with E-state index in [-0.39, 0.29) is 12.2 Å². The standard InChI is InChI=1S/C11H14F2O2/c1-15-7-10(14)4-2-8-6-9(12)3-5-11(8)13/h3,5-6,10,14H,2,4,7H2,1H3. The molecule has 0 saturated heterocycles. The van der Waals surface area contributed by atoms with Gasteiger partial charge in [0.25, 0.3) is 0 Å². The molecule has 1 aromatic rings. The second-order valence-electron chi connectivity index (χ2n) is 3.38. The van der Waals surface area contributed by atoms with Gasteiger partial charge in [0.05, 0.1) is 12.7 Å². The van der Waals surface area contributed by atoms with Crippen LogP contribution in [0.1, 0.15) is 12.0 Å². The van der Waals surface area contributed by atoms with Crippen molar-refractivity contribution in [2.24, 2.45) is 0 Å². The molecular formula is C11H14F2O2. The van der Waals surface area contributed by atoms with E-state index in [4.69, 9.17) is 4.74 Å². The van der Waals surface area contributed by atoms with Crippen LogP contribution in [0.2, 0.25) is 0 Å². The van der Waals surface area contributed by atoms with Crippen molar-refractivity contribution in [2.45, 2.75) is 18.9 Å².